The Bertz CT molecular complexity index is 917. The third kappa shape index (κ3) is 5.37. The highest BCUT2D eigenvalue weighted by molar-refractivity contribution is 7.18. The molecule has 3 amide bonds. The summed E-state index contributed by atoms with van der Waals surface area (Å²) in [6.45, 7) is 2.72. The van der Waals surface area contributed by atoms with E-state index in [1.165, 1.54) is 7.11 Å². The molecule has 30 heavy (non-hydrogen) atoms. The molecule has 2 atom stereocenters. The Morgan fingerprint density at radius 3 is 2.57 bits per heavy atom. The zero-order chi connectivity index (χ0) is 21.7. The molecule has 2 aromatic rings. The van der Waals surface area contributed by atoms with Crippen molar-refractivity contribution in [1.29, 1.82) is 0 Å². The van der Waals surface area contributed by atoms with Crippen LogP contribution in [0.15, 0.2) is 36.4 Å². The summed E-state index contributed by atoms with van der Waals surface area (Å²) in [7, 11) is 1.47. The molecule has 1 fully saturated rings. The van der Waals surface area contributed by atoms with Crippen LogP contribution in [0, 0.1) is 0 Å². The predicted octanol–water partition coefficient (Wildman–Crippen LogP) is 2.54. The maximum Gasteiger partial charge on any atom is 0.262 e. The normalized spacial score (nSPS) is 16.1. The SMILES string of the molecule is CO[C@H](C)[C@@H](NC(=O)c1ccc(Cl)s1)C(=O)Nc1ccc(N2CCOCC2=O)cc1. The first-order valence-electron chi connectivity index (χ1n) is 9.27. The summed E-state index contributed by atoms with van der Waals surface area (Å²) in [5.74, 6) is -0.934. The standard InChI is InChI=1S/C20H22ClN3O5S/c1-12(28-2)18(23-19(26)15-7-8-16(21)30-15)20(27)22-13-3-5-14(6-4-13)24-9-10-29-11-17(24)25/h3-8,12,18H,9-11H2,1-2H3,(H,22,27)(H,23,26)/t12-,18-/m1/s1. The van der Waals surface area contributed by atoms with Gasteiger partial charge in [0, 0.05) is 25.0 Å². The van der Waals surface area contributed by atoms with Gasteiger partial charge in [-0.25, -0.2) is 0 Å². The summed E-state index contributed by atoms with van der Waals surface area (Å²) >= 11 is 7.01. The van der Waals surface area contributed by atoms with Gasteiger partial charge < -0.3 is 25.0 Å². The summed E-state index contributed by atoms with van der Waals surface area (Å²) in [6.07, 6.45) is -0.561. The lowest BCUT2D eigenvalue weighted by molar-refractivity contribution is -0.125. The molecule has 3 rings (SSSR count). The zero-order valence-electron chi connectivity index (χ0n) is 16.5. The molecule has 1 aromatic heterocycles. The highest BCUT2D eigenvalue weighted by atomic mass is 35.5. The third-order valence-electron chi connectivity index (χ3n) is 4.64. The van der Waals surface area contributed by atoms with Crippen molar-refractivity contribution < 1.29 is 23.9 Å². The van der Waals surface area contributed by atoms with Crippen LogP contribution < -0.4 is 15.5 Å². The molecule has 2 heterocycles. The van der Waals surface area contributed by atoms with E-state index in [2.05, 4.69) is 10.6 Å². The Hall–Kier alpha value is -2.46. The first-order valence-corrected chi connectivity index (χ1v) is 10.5. The van der Waals surface area contributed by atoms with Crippen LogP contribution in [0.3, 0.4) is 0 Å². The van der Waals surface area contributed by atoms with Gasteiger partial charge >= 0.3 is 0 Å². The van der Waals surface area contributed by atoms with Gasteiger partial charge in [-0.1, -0.05) is 11.6 Å². The fraction of sp³-hybridized carbons (Fsp3) is 0.350. The number of hydrogen-bond acceptors (Lipinski definition) is 6. The highest BCUT2D eigenvalue weighted by Crippen LogP contribution is 2.22. The van der Waals surface area contributed by atoms with E-state index in [4.69, 9.17) is 21.1 Å². The van der Waals surface area contributed by atoms with Crippen LogP contribution in [0.1, 0.15) is 16.6 Å². The van der Waals surface area contributed by atoms with Gasteiger partial charge in [-0.05, 0) is 43.3 Å². The Kier molecular flexibility index (Phi) is 7.43. The fourth-order valence-corrected chi connectivity index (χ4v) is 3.86. The van der Waals surface area contributed by atoms with Crippen LogP contribution >= 0.6 is 22.9 Å². The minimum absolute atomic E-state index is 0.0597. The van der Waals surface area contributed by atoms with Gasteiger partial charge in [0.05, 0.1) is 21.9 Å². The van der Waals surface area contributed by atoms with Gasteiger partial charge in [0.2, 0.25) is 5.91 Å². The molecule has 0 bridgehead atoms. The molecule has 2 N–H and O–H groups in total. The Balaban J connectivity index is 1.67. The lowest BCUT2D eigenvalue weighted by atomic mass is 10.1. The van der Waals surface area contributed by atoms with E-state index in [1.54, 1.807) is 48.2 Å². The number of anilines is 2. The smallest absolute Gasteiger partial charge is 0.262 e. The van der Waals surface area contributed by atoms with Crippen molar-refractivity contribution in [2.75, 3.05) is 37.1 Å². The second kappa shape index (κ2) is 10.0. The number of halogens is 1. The summed E-state index contributed by atoms with van der Waals surface area (Å²) < 4.78 is 10.9. The number of nitrogens with one attached hydrogen (secondary N) is 2. The second-order valence-corrected chi connectivity index (χ2v) is 8.34. The number of carbonyl (C=O) groups is 3. The minimum Gasteiger partial charge on any atom is -0.379 e. The van der Waals surface area contributed by atoms with Crippen LogP contribution in [-0.4, -0.2) is 56.7 Å². The average molecular weight is 452 g/mol. The Labute approximate surface area is 183 Å². The number of rotatable bonds is 7. The average Bonchev–Trinajstić information content (AvgIpc) is 3.18. The molecule has 1 saturated heterocycles. The van der Waals surface area contributed by atoms with E-state index in [0.29, 0.717) is 28.1 Å². The second-order valence-electron chi connectivity index (χ2n) is 6.63. The van der Waals surface area contributed by atoms with E-state index in [9.17, 15) is 14.4 Å². The van der Waals surface area contributed by atoms with Crippen molar-refractivity contribution in [2.45, 2.75) is 19.1 Å². The van der Waals surface area contributed by atoms with Gasteiger partial charge in [-0.3, -0.25) is 14.4 Å². The summed E-state index contributed by atoms with van der Waals surface area (Å²) in [6, 6.07) is 9.21. The van der Waals surface area contributed by atoms with Crippen molar-refractivity contribution in [1.82, 2.24) is 5.32 Å². The van der Waals surface area contributed by atoms with Gasteiger partial charge in [0.15, 0.2) is 0 Å². The maximum atomic E-state index is 12.8. The monoisotopic (exact) mass is 451 g/mol. The predicted molar refractivity (Wildman–Crippen MR) is 115 cm³/mol. The first-order chi connectivity index (χ1) is 14.4. The highest BCUT2D eigenvalue weighted by Gasteiger charge is 2.28. The maximum absolute atomic E-state index is 12.8. The van der Waals surface area contributed by atoms with Crippen molar-refractivity contribution in [3.8, 4) is 0 Å². The number of hydrogen-bond donors (Lipinski definition) is 2. The van der Waals surface area contributed by atoms with Crippen LogP contribution in [0.5, 0.6) is 0 Å². The van der Waals surface area contributed by atoms with E-state index in [1.807, 2.05) is 0 Å². The summed E-state index contributed by atoms with van der Waals surface area (Å²) in [5.41, 5.74) is 1.26. The summed E-state index contributed by atoms with van der Waals surface area (Å²) in [4.78, 5) is 39.3. The van der Waals surface area contributed by atoms with Crippen molar-refractivity contribution in [3.05, 3.63) is 45.6 Å². The van der Waals surface area contributed by atoms with Crippen LogP contribution in [0.25, 0.3) is 0 Å². The summed E-state index contributed by atoms with van der Waals surface area (Å²) in [5, 5.41) is 5.47. The van der Waals surface area contributed by atoms with E-state index >= 15 is 0 Å². The minimum atomic E-state index is -0.913. The molecule has 1 aliphatic heterocycles. The topological polar surface area (TPSA) is 97.0 Å². The molecular weight excluding hydrogens is 430 g/mol. The molecule has 160 valence electrons. The number of amides is 3. The number of thiophene rings is 1. The molecule has 1 aromatic carbocycles. The number of nitrogens with zero attached hydrogens (tertiary/aromatic N) is 1. The van der Waals surface area contributed by atoms with Crippen LogP contribution in [0.4, 0.5) is 11.4 Å². The quantitative estimate of drug-likeness (QED) is 0.674. The van der Waals surface area contributed by atoms with E-state index in [0.717, 1.165) is 17.0 Å². The molecular formula is C20H22ClN3O5S. The lowest BCUT2D eigenvalue weighted by Crippen LogP contribution is -2.50. The van der Waals surface area contributed by atoms with Crippen LogP contribution in [-0.2, 0) is 19.1 Å². The molecule has 0 radical (unpaired) electrons. The first kappa shape index (κ1) is 22.2. The van der Waals surface area contributed by atoms with Crippen LogP contribution in [0.2, 0.25) is 4.34 Å². The number of ether oxygens (including phenoxy) is 2. The zero-order valence-corrected chi connectivity index (χ0v) is 18.1. The largest absolute Gasteiger partial charge is 0.379 e. The van der Waals surface area contributed by atoms with Gasteiger partial charge in [0.1, 0.15) is 12.6 Å². The van der Waals surface area contributed by atoms with Gasteiger partial charge in [-0.2, -0.15) is 0 Å². The number of carbonyl (C=O) groups excluding carboxylic acids is 3. The molecule has 0 aliphatic carbocycles. The molecule has 1 aliphatic rings. The Morgan fingerprint density at radius 1 is 1.23 bits per heavy atom. The molecule has 0 spiro atoms. The number of morpholine rings is 1. The molecule has 8 nitrogen and oxygen atoms in total. The molecule has 0 saturated carbocycles. The van der Waals surface area contributed by atoms with E-state index in [-0.39, 0.29) is 12.5 Å². The van der Waals surface area contributed by atoms with Crippen molar-refractivity contribution in [3.63, 3.8) is 0 Å². The van der Waals surface area contributed by atoms with Crippen molar-refractivity contribution >= 4 is 52.0 Å². The molecule has 0 unspecified atom stereocenters. The Morgan fingerprint density at radius 2 is 1.97 bits per heavy atom. The van der Waals surface area contributed by atoms with Gasteiger partial charge in [0.25, 0.3) is 11.8 Å². The van der Waals surface area contributed by atoms with Crippen molar-refractivity contribution in [2.24, 2.45) is 0 Å². The molecule has 10 heteroatoms. The third-order valence-corrected chi connectivity index (χ3v) is 5.87. The fourth-order valence-electron chi connectivity index (χ4n) is 2.92. The number of benzene rings is 1. The van der Waals surface area contributed by atoms with Gasteiger partial charge in [-0.15, -0.1) is 11.3 Å². The lowest BCUT2D eigenvalue weighted by Gasteiger charge is -2.27. The van der Waals surface area contributed by atoms with E-state index < -0.39 is 24.0 Å². The number of methoxy groups -OCH3 is 1.